The number of thiazole rings is 1. The van der Waals surface area contributed by atoms with E-state index in [1.165, 1.54) is 9.90 Å². The summed E-state index contributed by atoms with van der Waals surface area (Å²) in [5.74, 6) is 1.16. The van der Waals surface area contributed by atoms with E-state index in [2.05, 4.69) is 16.8 Å². The van der Waals surface area contributed by atoms with Crippen molar-refractivity contribution in [2.45, 2.75) is 11.1 Å². The van der Waals surface area contributed by atoms with Gasteiger partial charge in [0.2, 0.25) is 0 Å². The number of rotatable bonds is 4. The fraction of sp³-hybridized carbons (Fsp3) is 0.700. The number of morpholine rings is 1. The van der Waals surface area contributed by atoms with Crippen LogP contribution < -0.4 is 0 Å². The van der Waals surface area contributed by atoms with Gasteiger partial charge in [0.15, 0.2) is 0 Å². The third-order valence-corrected chi connectivity index (χ3v) is 4.75. The highest BCUT2D eigenvalue weighted by Crippen LogP contribution is 2.25. The van der Waals surface area contributed by atoms with Gasteiger partial charge in [-0.3, -0.25) is 4.90 Å². The molecule has 5 heteroatoms. The van der Waals surface area contributed by atoms with Crippen LogP contribution in [0.3, 0.4) is 0 Å². The Balaban J connectivity index is 1.68. The molecule has 1 saturated heterocycles. The molecule has 0 bridgehead atoms. The average Bonchev–Trinajstić information content (AvgIpc) is 2.66. The van der Waals surface area contributed by atoms with Crippen LogP contribution in [0.1, 0.15) is 5.69 Å². The lowest BCUT2D eigenvalue weighted by Crippen LogP contribution is -2.37. The van der Waals surface area contributed by atoms with Crippen LogP contribution in [0.4, 0.5) is 0 Å². The van der Waals surface area contributed by atoms with E-state index in [4.69, 9.17) is 4.74 Å². The van der Waals surface area contributed by atoms with Crippen molar-refractivity contribution in [1.82, 2.24) is 9.88 Å². The maximum Gasteiger partial charge on any atom is 0.0827 e. The zero-order valence-electron chi connectivity index (χ0n) is 8.94. The first-order valence-corrected chi connectivity index (χ1v) is 7.06. The van der Waals surface area contributed by atoms with Crippen molar-refractivity contribution < 1.29 is 4.74 Å². The van der Waals surface area contributed by atoms with Gasteiger partial charge in [-0.15, -0.1) is 23.1 Å². The van der Waals surface area contributed by atoms with Gasteiger partial charge in [-0.1, -0.05) is 0 Å². The minimum Gasteiger partial charge on any atom is -0.379 e. The molecule has 0 unspecified atom stereocenters. The van der Waals surface area contributed by atoms with Crippen molar-refractivity contribution in [2.24, 2.45) is 0 Å². The molecule has 0 aliphatic carbocycles. The van der Waals surface area contributed by atoms with Crippen LogP contribution in [0.25, 0.3) is 0 Å². The Bertz CT molecular complexity index is 297. The molecule has 0 N–H and O–H groups in total. The van der Waals surface area contributed by atoms with Crippen LogP contribution >= 0.6 is 23.1 Å². The maximum atomic E-state index is 5.31. The van der Waals surface area contributed by atoms with Gasteiger partial charge in [0.25, 0.3) is 0 Å². The van der Waals surface area contributed by atoms with E-state index in [0.717, 1.165) is 38.6 Å². The third kappa shape index (κ3) is 3.45. The number of hydrogen-bond acceptors (Lipinski definition) is 5. The molecule has 1 aliphatic rings. The smallest absolute Gasteiger partial charge is 0.0827 e. The molecule has 0 radical (unpaired) electrons. The number of aromatic nitrogens is 1. The lowest BCUT2D eigenvalue weighted by Gasteiger charge is -2.26. The fourth-order valence-corrected chi connectivity index (χ4v) is 3.50. The summed E-state index contributed by atoms with van der Waals surface area (Å²) in [6.45, 7) is 7.19. The van der Waals surface area contributed by atoms with Crippen LogP contribution in [0, 0.1) is 6.92 Å². The molecule has 84 valence electrons. The molecular formula is C10H16N2OS2. The molecule has 0 aromatic carbocycles. The van der Waals surface area contributed by atoms with Gasteiger partial charge in [-0.2, -0.15) is 0 Å². The summed E-state index contributed by atoms with van der Waals surface area (Å²) in [6, 6.07) is 0. The SMILES string of the molecule is Cc1ncsc1SCCN1CCOCC1. The second-order valence-corrected chi connectivity index (χ2v) is 5.75. The molecule has 0 atom stereocenters. The predicted molar refractivity (Wildman–Crippen MR) is 64.8 cm³/mol. The molecule has 1 aromatic heterocycles. The second kappa shape index (κ2) is 5.84. The zero-order chi connectivity index (χ0) is 10.5. The van der Waals surface area contributed by atoms with Gasteiger partial charge >= 0.3 is 0 Å². The molecule has 15 heavy (non-hydrogen) atoms. The van der Waals surface area contributed by atoms with Crippen molar-refractivity contribution >= 4 is 23.1 Å². The lowest BCUT2D eigenvalue weighted by molar-refractivity contribution is 0.0410. The molecule has 1 aromatic rings. The molecule has 0 saturated carbocycles. The largest absolute Gasteiger partial charge is 0.379 e. The van der Waals surface area contributed by atoms with Crippen molar-refractivity contribution in [2.75, 3.05) is 38.6 Å². The quantitative estimate of drug-likeness (QED) is 0.755. The van der Waals surface area contributed by atoms with Crippen molar-refractivity contribution in [3.8, 4) is 0 Å². The van der Waals surface area contributed by atoms with E-state index in [1.54, 1.807) is 11.3 Å². The summed E-state index contributed by atoms with van der Waals surface area (Å²) in [5.41, 5.74) is 3.10. The maximum absolute atomic E-state index is 5.31. The van der Waals surface area contributed by atoms with E-state index >= 15 is 0 Å². The summed E-state index contributed by atoms with van der Waals surface area (Å²) in [5, 5.41) is 0. The zero-order valence-corrected chi connectivity index (χ0v) is 10.6. The molecule has 0 spiro atoms. The van der Waals surface area contributed by atoms with Gasteiger partial charge in [-0.25, -0.2) is 4.98 Å². The highest BCUT2D eigenvalue weighted by molar-refractivity contribution is 8.01. The first kappa shape index (κ1) is 11.4. The molecule has 2 rings (SSSR count). The summed E-state index contributed by atoms with van der Waals surface area (Å²) < 4.78 is 6.68. The van der Waals surface area contributed by atoms with Crippen LogP contribution in [0.15, 0.2) is 9.72 Å². The van der Waals surface area contributed by atoms with Crippen LogP contribution in [0.2, 0.25) is 0 Å². The Labute approximate surface area is 98.8 Å². The predicted octanol–water partition coefficient (Wildman–Crippen LogP) is 1.88. The minimum absolute atomic E-state index is 0.893. The Morgan fingerprint density at radius 2 is 2.33 bits per heavy atom. The average molecular weight is 244 g/mol. The monoisotopic (exact) mass is 244 g/mol. The number of aryl methyl sites for hydroxylation is 1. The van der Waals surface area contributed by atoms with Gasteiger partial charge in [0.1, 0.15) is 0 Å². The van der Waals surface area contributed by atoms with E-state index < -0.39 is 0 Å². The summed E-state index contributed by atoms with van der Waals surface area (Å²) in [7, 11) is 0. The minimum atomic E-state index is 0.893. The molecular weight excluding hydrogens is 228 g/mol. The number of hydrogen-bond donors (Lipinski definition) is 0. The van der Waals surface area contributed by atoms with Gasteiger partial charge in [0, 0.05) is 25.4 Å². The molecule has 1 fully saturated rings. The first-order valence-electron chi connectivity index (χ1n) is 5.19. The van der Waals surface area contributed by atoms with E-state index in [0.29, 0.717) is 0 Å². The van der Waals surface area contributed by atoms with Crippen LogP contribution in [-0.4, -0.2) is 48.5 Å². The highest BCUT2D eigenvalue weighted by atomic mass is 32.2. The van der Waals surface area contributed by atoms with Crippen molar-refractivity contribution in [3.05, 3.63) is 11.2 Å². The second-order valence-electron chi connectivity index (χ2n) is 3.53. The van der Waals surface area contributed by atoms with Crippen LogP contribution in [0.5, 0.6) is 0 Å². The summed E-state index contributed by atoms with van der Waals surface area (Å²) in [6.07, 6.45) is 0. The number of ether oxygens (including phenoxy) is 1. The van der Waals surface area contributed by atoms with Crippen molar-refractivity contribution in [3.63, 3.8) is 0 Å². The highest BCUT2D eigenvalue weighted by Gasteiger charge is 2.10. The summed E-state index contributed by atoms with van der Waals surface area (Å²) in [4.78, 5) is 6.71. The standard InChI is InChI=1S/C10H16N2OS2/c1-9-10(15-8-11-9)14-7-4-12-2-5-13-6-3-12/h8H,2-7H2,1H3. The van der Waals surface area contributed by atoms with Crippen molar-refractivity contribution in [1.29, 1.82) is 0 Å². The Morgan fingerprint density at radius 3 is 3.00 bits per heavy atom. The van der Waals surface area contributed by atoms with Crippen LogP contribution in [-0.2, 0) is 4.74 Å². The first-order chi connectivity index (χ1) is 7.36. The third-order valence-electron chi connectivity index (χ3n) is 2.45. The normalized spacial score (nSPS) is 18.2. The van der Waals surface area contributed by atoms with E-state index in [9.17, 15) is 0 Å². The molecule has 0 amide bonds. The van der Waals surface area contributed by atoms with Gasteiger partial charge < -0.3 is 4.74 Å². The van der Waals surface area contributed by atoms with Gasteiger partial charge in [-0.05, 0) is 6.92 Å². The van der Waals surface area contributed by atoms with Gasteiger partial charge in [0.05, 0.1) is 28.6 Å². The number of nitrogens with zero attached hydrogens (tertiary/aromatic N) is 2. The summed E-state index contributed by atoms with van der Waals surface area (Å²) >= 11 is 3.67. The molecule has 1 aliphatic heterocycles. The van der Waals surface area contributed by atoms with E-state index in [1.807, 2.05) is 17.3 Å². The Morgan fingerprint density at radius 1 is 1.53 bits per heavy atom. The number of thioether (sulfide) groups is 1. The Kier molecular flexibility index (Phi) is 4.43. The lowest BCUT2D eigenvalue weighted by atomic mass is 10.4. The topological polar surface area (TPSA) is 25.4 Å². The molecule has 3 nitrogen and oxygen atoms in total. The molecule has 2 heterocycles. The van der Waals surface area contributed by atoms with E-state index in [-0.39, 0.29) is 0 Å². The fourth-order valence-electron chi connectivity index (χ4n) is 1.52. The Hall–Kier alpha value is -0.100.